The number of carbonyl (C=O) groups excluding carboxylic acids is 1. The summed E-state index contributed by atoms with van der Waals surface area (Å²) in [6.45, 7) is 0. The first kappa shape index (κ1) is 16.0. The van der Waals surface area contributed by atoms with Gasteiger partial charge in [0, 0.05) is 20.9 Å². The van der Waals surface area contributed by atoms with Crippen molar-refractivity contribution in [2.45, 2.75) is 9.79 Å². The number of benzene rings is 3. The van der Waals surface area contributed by atoms with Crippen molar-refractivity contribution < 1.29 is 14.7 Å². The van der Waals surface area contributed by atoms with Crippen LogP contribution in [0.3, 0.4) is 0 Å². The van der Waals surface area contributed by atoms with Crippen molar-refractivity contribution >= 4 is 23.5 Å². The molecule has 118 valence electrons. The first-order valence-corrected chi connectivity index (χ1v) is 8.17. The third-order valence-electron chi connectivity index (χ3n) is 3.50. The summed E-state index contributed by atoms with van der Waals surface area (Å²) in [5, 5.41) is 9.21. The highest BCUT2D eigenvalue weighted by molar-refractivity contribution is 7.99. The minimum absolute atomic E-state index is 0.0187. The molecule has 0 saturated carbocycles. The number of carboxylic acids is 1. The molecule has 0 saturated heterocycles. The van der Waals surface area contributed by atoms with Crippen LogP contribution < -0.4 is 0 Å². The quantitative estimate of drug-likeness (QED) is 0.683. The van der Waals surface area contributed by atoms with Gasteiger partial charge in [-0.15, -0.1) is 0 Å². The Morgan fingerprint density at radius 2 is 1.21 bits per heavy atom. The lowest BCUT2D eigenvalue weighted by molar-refractivity contribution is 0.0693. The topological polar surface area (TPSA) is 54.4 Å². The van der Waals surface area contributed by atoms with E-state index in [0.717, 1.165) is 9.79 Å². The van der Waals surface area contributed by atoms with Crippen LogP contribution in [0.4, 0.5) is 0 Å². The molecule has 1 N–H and O–H groups in total. The molecule has 3 nitrogen and oxygen atoms in total. The summed E-state index contributed by atoms with van der Waals surface area (Å²) in [7, 11) is 0. The predicted molar refractivity (Wildman–Crippen MR) is 93.8 cm³/mol. The monoisotopic (exact) mass is 334 g/mol. The molecule has 4 heteroatoms. The Labute approximate surface area is 144 Å². The highest BCUT2D eigenvalue weighted by Crippen LogP contribution is 2.27. The van der Waals surface area contributed by atoms with Gasteiger partial charge >= 0.3 is 5.97 Å². The van der Waals surface area contributed by atoms with E-state index < -0.39 is 5.97 Å². The summed E-state index contributed by atoms with van der Waals surface area (Å²) in [6, 6.07) is 23.4. The Morgan fingerprint density at radius 3 is 1.83 bits per heavy atom. The van der Waals surface area contributed by atoms with Crippen molar-refractivity contribution in [3.63, 3.8) is 0 Å². The maximum atomic E-state index is 12.6. The maximum absolute atomic E-state index is 12.6. The van der Waals surface area contributed by atoms with Gasteiger partial charge in [-0.2, -0.15) is 0 Å². The zero-order valence-corrected chi connectivity index (χ0v) is 13.5. The summed E-state index contributed by atoms with van der Waals surface area (Å²) in [6.07, 6.45) is 0. The van der Waals surface area contributed by atoms with E-state index in [-0.39, 0.29) is 16.9 Å². The van der Waals surface area contributed by atoms with Crippen LogP contribution in [0.25, 0.3) is 0 Å². The number of hydrogen-bond donors (Lipinski definition) is 1. The van der Waals surface area contributed by atoms with Crippen LogP contribution in [-0.2, 0) is 0 Å². The van der Waals surface area contributed by atoms with E-state index in [1.807, 2.05) is 42.5 Å². The average molecular weight is 334 g/mol. The fourth-order valence-electron chi connectivity index (χ4n) is 2.32. The van der Waals surface area contributed by atoms with Crippen LogP contribution in [0.1, 0.15) is 26.3 Å². The molecule has 0 aliphatic heterocycles. The Bertz CT molecular complexity index is 871. The third kappa shape index (κ3) is 3.55. The molecule has 24 heavy (non-hydrogen) atoms. The number of carbonyl (C=O) groups is 2. The molecule has 0 radical (unpaired) electrons. The van der Waals surface area contributed by atoms with Gasteiger partial charge in [-0.3, -0.25) is 4.79 Å². The molecular weight excluding hydrogens is 320 g/mol. The Hall–Kier alpha value is -2.85. The van der Waals surface area contributed by atoms with Crippen LogP contribution in [0.5, 0.6) is 0 Å². The molecule has 0 fully saturated rings. The Balaban J connectivity index is 1.83. The van der Waals surface area contributed by atoms with Gasteiger partial charge in [0.15, 0.2) is 5.78 Å². The smallest absolute Gasteiger partial charge is 0.336 e. The van der Waals surface area contributed by atoms with E-state index in [2.05, 4.69) is 0 Å². The van der Waals surface area contributed by atoms with Crippen LogP contribution in [-0.4, -0.2) is 16.9 Å². The molecule has 3 rings (SSSR count). The Morgan fingerprint density at radius 1 is 0.667 bits per heavy atom. The van der Waals surface area contributed by atoms with Gasteiger partial charge < -0.3 is 5.11 Å². The molecule has 3 aromatic carbocycles. The van der Waals surface area contributed by atoms with E-state index in [0.29, 0.717) is 5.56 Å². The van der Waals surface area contributed by atoms with E-state index in [9.17, 15) is 14.7 Å². The van der Waals surface area contributed by atoms with Crippen molar-refractivity contribution in [3.05, 3.63) is 95.6 Å². The van der Waals surface area contributed by atoms with Crippen molar-refractivity contribution in [3.8, 4) is 0 Å². The molecule has 0 bridgehead atoms. The minimum atomic E-state index is -1.10. The van der Waals surface area contributed by atoms with Crippen molar-refractivity contribution in [1.29, 1.82) is 0 Å². The minimum Gasteiger partial charge on any atom is -0.478 e. The molecule has 0 unspecified atom stereocenters. The zero-order chi connectivity index (χ0) is 16.9. The second kappa shape index (κ2) is 7.15. The molecular formula is C20H14O3S. The molecule has 0 aliphatic carbocycles. The number of rotatable bonds is 5. The molecule has 0 atom stereocenters. The lowest BCUT2D eigenvalue weighted by atomic mass is 9.98. The predicted octanol–water partition coefficient (Wildman–Crippen LogP) is 4.77. The fraction of sp³-hybridized carbons (Fsp3) is 0. The van der Waals surface area contributed by atoms with E-state index in [1.165, 1.54) is 6.07 Å². The molecule has 3 aromatic rings. The second-order valence-electron chi connectivity index (χ2n) is 5.12. The second-order valence-corrected chi connectivity index (χ2v) is 6.27. The largest absolute Gasteiger partial charge is 0.478 e. The van der Waals surface area contributed by atoms with Crippen molar-refractivity contribution in [1.82, 2.24) is 0 Å². The maximum Gasteiger partial charge on any atom is 0.336 e. The van der Waals surface area contributed by atoms with E-state index in [4.69, 9.17) is 0 Å². The summed E-state index contributed by atoms with van der Waals surface area (Å²) < 4.78 is 0. The molecule has 0 aromatic heterocycles. The van der Waals surface area contributed by atoms with Gasteiger partial charge in [0.2, 0.25) is 0 Å². The van der Waals surface area contributed by atoms with Gasteiger partial charge in [0.1, 0.15) is 0 Å². The first-order chi connectivity index (χ1) is 11.6. The highest BCUT2D eigenvalue weighted by Gasteiger charge is 2.17. The number of ketones is 1. The SMILES string of the molecule is O=C(O)c1ccccc1C(=O)c1ccc(Sc2ccccc2)cc1. The van der Waals surface area contributed by atoms with Gasteiger partial charge in [-0.05, 0) is 42.5 Å². The number of carboxylic acid groups (broad SMARTS) is 1. The van der Waals surface area contributed by atoms with Crippen LogP contribution in [0, 0.1) is 0 Å². The van der Waals surface area contributed by atoms with Gasteiger partial charge in [0.05, 0.1) is 5.56 Å². The number of aromatic carboxylic acids is 1. The van der Waals surface area contributed by atoms with E-state index >= 15 is 0 Å². The average Bonchev–Trinajstić information content (AvgIpc) is 2.62. The normalized spacial score (nSPS) is 10.3. The van der Waals surface area contributed by atoms with Gasteiger partial charge in [0.25, 0.3) is 0 Å². The standard InChI is InChI=1S/C20H14O3S/c21-19(17-8-4-5-9-18(17)20(22)23)14-10-12-16(13-11-14)24-15-6-2-1-3-7-15/h1-13H,(H,22,23). The lowest BCUT2D eigenvalue weighted by Gasteiger charge is -2.06. The first-order valence-electron chi connectivity index (χ1n) is 7.35. The molecule has 0 heterocycles. The fourth-order valence-corrected chi connectivity index (χ4v) is 3.16. The molecule has 0 amide bonds. The van der Waals surface area contributed by atoms with E-state index in [1.54, 1.807) is 42.1 Å². The Kier molecular flexibility index (Phi) is 4.77. The molecule has 0 aliphatic rings. The van der Waals surface area contributed by atoms with Gasteiger partial charge in [-0.25, -0.2) is 4.79 Å². The summed E-state index contributed by atoms with van der Waals surface area (Å²) >= 11 is 1.61. The summed E-state index contributed by atoms with van der Waals surface area (Å²) in [5.74, 6) is -1.39. The van der Waals surface area contributed by atoms with Crippen LogP contribution >= 0.6 is 11.8 Å². The number of hydrogen-bond acceptors (Lipinski definition) is 3. The highest BCUT2D eigenvalue weighted by atomic mass is 32.2. The van der Waals surface area contributed by atoms with Gasteiger partial charge in [-0.1, -0.05) is 48.2 Å². The summed E-state index contributed by atoms with van der Waals surface area (Å²) in [4.78, 5) is 26.0. The van der Waals surface area contributed by atoms with Crippen LogP contribution in [0.15, 0.2) is 88.7 Å². The lowest BCUT2D eigenvalue weighted by Crippen LogP contribution is -2.09. The molecule has 0 spiro atoms. The van der Waals surface area contributed by atoms with Crippen LogP contribution in [0.2, 0.25) is 0 Å². The van der Waals surface area contributed by atoms with Crippen molar-refractivity contribution in [2.24, 2.45) is 0 Å². The summed E-state index contributed by atoms with van der Waals surface area (Å²) in [5.41, 5.74) is 0.694. The van der Waals surface area contributed by atoms with Crippen molar-refractivity contribution in [2.75, 3.05) is 0 Å². The zero-order valence-electron chi connectivity index (χ0n) is 12.7. The third-order valence-corrected chi connectivity index (χ3v) is 4.51.